The molecule has 0 saturated carbocycles. The molecule has 0 radical (unpaired) electrons. The first-order chi connectivity index (χ1) is 16.1. The SMILES string of the molecule is O=C1NCc2cc(OC3CN(Cc4ccc5ncccc5c4)C3)c(-c3ccc(F)cc3)cc21. The first-order valence-electron chi connectivity index (χ1n) is 11.1. The van der Waals surface area contributed by atoms with Crippen molar-refractivity contribution in [3.63, 3.8) is 0 Å². The molecule has 0 spiro atoms. The molecule has 1 saturated heterocycles. The number of pyridine rings is 1. The molecule has 0 aliphatic carbocycles. The van der Waals surface area contributed by atoms with E-state index in [-0.39, 0.29) is 17.8 Å². The molecular formula is C27H22FN3O2. The quantitative estimate of drug-likeness (QED) is 0.496. The Balaban J connectivity index is 1.19. The average Bonchev–Trinajstić information content (AvgIpc) is 3.17. The van der Waals surface area contributed by atoms with Crippen LogP contribution in [0.4, 0.5) is 4.39 Å². The normalized spacial score (nSPS) is 15.8. The van der Waals surface area contributed by atoms with E-state index in [9.17, 15) is 9.18 Å². The topological polar surface area (TPSA) is 54.5 Å². The third-order valence-corrected chi connectivity index (χ3v) is 6.34. The number of hydrogen-bond acceptors (Lipinski definition) is 4. The van der Waals surface area contributed by atoms with Gasteiger partial charge in [0.25, 0.3) is 5.91 Å². The number of carbonyl (C=O) groups excluding carboxylic acids is 1. The maximum atomic E-state index is 13.5. The molecule has 2 aliphatic heterocycles. The molecule has 1 aromatic heterocycles. The summed E-state index contributed by atoms with van der Waals surface area (Å²) in [6.45, 7) is 3.00. The van der Waals surface area contributed by atoms with Crippen molar-refractivity contribution in [2.24, 2.45) is 0 Å². The summed E-state index contributed by atoms with van der Waals surface area (Å²) >= 11 is 0. The zero-order valence-corrected chi connectivity index (χ0v) is 17.9. The number of halogens is 1. The van der Waals surface area contributed by atoms with E-state index >= 15 is 0 Å². The first-order valence-corrected chi connectivity index (χ1v) is 11.1. The molecular weight excluding hydrogens is 417 g/mol. The van der Waals surface area contributed by atoms with Gasteiger partial charge in [-0.3, -0.25) is 14.7 Å². The van der Waals surface area contributed by atoms with E-state index in [1.165, 1.54) is 17.7 Å². The number of aromatic nitrogens is 1. The second-order valence-electron chi connectivity index (χ2n) is 8.66. The molecule has 0 bridgehead atoms. The molecule has 1 N–H and O–H groups in total. The summed E-state index contributed by atoms with van der Waals surface area (Å²) in [6.07, 6.45) is 1.87. The fourth-order valence-corrected chi connectivity index (χ4v) is 4.59. The highest BCUT2D eigenvalue weighted by Gasteiger charge is 2.30. The summed E-state index contributed by atoms with van der Waals surface area (Å²) in [6, 6.07) is 20.5. The van der Waals surface area contributed by atoms with Crippen LogP contribution >= 0.6 is 0 Å². The number of nitrogens with zero attached hydrogens (tertiary/aromatic N) is 2. The Hall–Kier alpha value is -3.77. The number of benzene rings is 3. The summed E-state index contributed by atoms with van der Waals surface area (Å²) in [5.74, 6) is 0.359. The summed E-state index contributed by atoms with van der Waals surface area (Å²) in [5.41, 5.74) is 5.48. The van der Waals surface area contributed by atoms with Crippen LogP contribution in [0.25, 0.3) is 22.0 Å². The zero-order valence-electron chi connectivity index (χ0n) is 17.9. The largest absolute Gasteiger partial charge is 0.487 e. The van der Waals surface area contributed by atoms with E-state index in [1.54, 1.807) is 12.1 Å². The minimum atomic E-state index is -0.292. The van der Waals surface area contributed by atoms with Crippen LogP contribution in [0, 0.1) is 5.82 Å². The number of amides is 1. The molecule has 3 heterocycles. The van der Waals surface area contributed by atoms with Gasteiger partial charge < -0.3 is 10.1 Å². The Labute approximate surface area is 190 Å². The summed E-state index contributed by atoms with van der Waals surface area (Å²) in [4.78, 5) is 18.9. The van der Waals surface area contributed by atoms with Crippen molar-refractivity contribution in [2.45, 2.75) is 19.2 Å². The van der Waals surface area contributed by atoms with E-state index in [2.05, 4.69) is 39.5 Å². The second kappa shape index (κ2) is 7.98. The monoisotopic (exact) mass is 439 g/mol. The van der Waals surface area contributed by atoms with Crippen LogP contribution in [0.5, 0.6) is 5.75 Å². The molecule has 3 aromatic carbocycles. The summed E-state index contributed by atoms with van der Waals surface area (Å²) in [7, 11) is 0. The van der Waals surface area contributed by atoms with Gasteiger partial charge in [0.1, 0.15) is 17.7 Å². The minimum absolute atomic E-state index is 0.0643. The molecule has 164 valence electrons. The Morgan fingerprint density at radius 1 is 1.03 bits per heavy atom. The lowest BCUT2D eigenvalue weighted by atomic mass is 9.98. The average molecular weight is 439 g/mol. The molecule has 6 heteroatoms. The van der Waals surface area contributed by atoms with Gasteiger partial charge in [0.05, 0.1) is 5.52 Å². The van der Waals surface area contributed by atoms with Crippen LogP contribution in [0.3, 0.4) is 0 Å². The van der Waals surface area contributed by atoms with Crippen LogP contribution in [-0.2, 0) is 13.1 Å². The van der Waals surface area contributed by atoms with Crippen molar-refractivity contribution in [1.82, 2.24) is 15.2 Å². The maximum Gasteiger partial charge on any atom is 0.251 e. The molecule has 4 aromatic rings. The van der Waals surface area contributed by atoms with Crippen molar-refractivity contribution in [3.05, 3.63) is 95.4 Å². The number of hydrogen-bond donors (Lipinski definition) is 1. The van der Waals surface area contributed by atoms with E-state index < -0.39 is 0 Å². The van der Waals surface area contributed by atoms with Crippen LogP contribution in [0.2, 0.25) is 0 Å². The fourth-order valence-electron chi connectivity index (χ4n) is 4.59. The molecule has 1 amide bonds. The predicted octanol–water partition coefficient (Wildman–Crippen LogP) is 4.55. The second-order valence-corrected chi connectivity index (χ2v) is 8.66. The van der Waals surface area contributed by atoms with Gasteiger partial charge in [-0.1, -0.05) is 24.3 Å². The van der Waals surface area contributed by atoms with Crippen LogP contribution in [0.15, 0.2) is 72.9 Å². The number of carbonyl (C=O) groups is 1. The molecule has 0 atom stereocenters. The molecule has 5 nitrogen and oxygen atoms in total. The molecule has 1 fully saturated rings. The van der Waals surface area contributed by atoms with Gasteiger partial charge in [0.2, 0.25) is 0 Å². The third-order valence-electron chi connectivity index (χ3n) is 6.34. The van der Waals surface area contributed by atoms with Gasteiger partial charge in [-0.05, 0) is 59.2 Å². The highest BCUT2D eigenvalue weighted by atomic mass is 19.1. The number of ether oxygens (including phenoxy) is 1. The zero-order chi connectivity index (χ0) is 22.4. The van der Waals surface area contributed by atoms with E-state index in [4.69, 9.17) is 4.74 Å². The van der Waals surface area contributed by atoms with Gasteiger partial charge in [0, 0.05) is 48.9 Å². The van der Waals surface area contributed by atoms with Crippen molar-refractivity contribution in [2.75, 3.05) is 13.1 Å². The van der Waals surface area contributed by atoms with Crippen LogP contribution in [-0.4, -0.2) is 35.0 Å². The Morgan fingerprint density at radius 3 is 2.73 bits per heavy atom. The van der Waals surface area contributed by atoms with Gasteiger partial charge in [0.15, 0.2) is 0 Å². The van der Waals surface area contributed by atoms with Crippen LogP contribution < -0.4 is 10.1 Å². The van der Waals surface area contributed by atoms with Crippen molar-refractivity contribution < 1.29 is 13.9 Å². The fraction of sp³-hybridized carbons (Fsp3) is 0.185. The summed E-state index contributed by atoms with van der Waals surface area (Å²) in [5, 5.41) is 4.01. The Kier molecular flexibility index (Phi) is 4.80. The lowest BCUT2D eigenvalue weighted by Crippen LogP contribution is -2.53. The molecule has 33 heavy (non-hydrogen) atoms. The molecule has 2 aliphatic rings. The Morgan fingerprint density at radius 2 is 1.88 bits per heavy atom. The summed E-state index contributed by atoms with van der Waals surface area (Å²) < 4.78 is 19.8. The van der Waals surface area contributed by atoms with Gasteiger partial charge >= 0.3 is 0 Å². The standard InChI is InChI=1S/C27H22FN3O2/c28-21-6-4-18(5-7-21)23-12-24-20(13-30-27(24)32)11-26(23)33-22-15-31(16-22)14-17-3-8-25-19(10-17)2-1-9-29-25/h1-12,22H,13-16H2,(H,30,32). The highest BCUT2D eigenvalue weighted by molar-refractivity contribution is 6.00. The maximum absolute atomic E-state index is 13.5. The van der Waals surface area contributed by atoms with Gasteiger partial charge in [-0.25, -0.2) is 4.39 Å². The third kappa shape index (κ3) is 3.83. The van der Waals surface area contributed by atoms with Crippen molar-refractivity contribution in [1.29, 1.82) is 0 Å². The number of nitrogens with one attached hydrogen (secondary N) is 1. The first kappa shape index (κ1) is 19.9. The lowest BCUT2D eigenvalue weighted by molar-refractivity contribution is 0.0149. The van der Waals surface area contributed by atoms with E-state index in [0.29, 0.717) is 12.1 Å². The van der Waals surface area contributed by atoms with E-state index in [1.807, 2.05) is 24.4 Å². The number of rotatable bonds is 5. The molecule has 6 rings (SSSR count). The van der Waals surface area contributed by atoms with Gasteiger partial charge in [-0.2, -0.15) is 0 Å². The molecule has 0 unspecified atom stereocenters. The number of fused-ring (bicyclic) bond motifs is 2. The predicted molar refractivity (Wildman–Crippen MR) is 124 cm³/mol. The van der Waals surface area contributed by atoms with E-state index in [0.717, 1.165) is 53.0 Å². The lowest BCUT2D eigenvalue weighted by Gasteiger charge is -2.39. The van der Waals surface area contributed by atoms with Crippen LogP contribution in [0.1, 0.15) is 21.5 Å². The highest BCUT2D eigenvalue weighted by Crippen LogP contribution is 2.36. The van der Waals surface area contributed by atoms with Gasteiger partial charge in [-0.15, -0.1) is 0 Å². The van der Waals surface area contributed by atoms with Crippen molar-refractivity contribution >= 4 is 16.8 Å². The number of likely N-dealkylation sites (tertiary alicyclic amines) is 1. The Bertz CT molecular complexity index is 1360. The minimum Gasteiger partial charge on any atom is -0.487 e. The van der Waals surface area contributed by atoms with Crippen molar-refractivity contribution in [3.8, 4) is 16.9 Å². The smallest absolute Gasteiger partial charge is 0.251 e.